The molecule has 0 aromatic heterocycles. The van der Waals surface area contributed by atoms with E-state index in [1.54, 1.807) is 18.2 Å². The van der Waals surface area contributed by atoms with E-state index in [4.69, 9.17) is 5.11 Å². The maximum atomic E-state index is 10.8. The Kier molecular flexibility index (Phi) is 4.95. The summed E-state index contributed by atoms with van der Waals surface area (Å²) >= 11 is 0. The first-order valence-corrected chi connectivity index (χ1v) is 6.45. The number of aryl methyl sites for hydroxylation is 1. The number of carboxylic acid groups (broad SMARTS) is 1. The summed E-state index contributed by atoms with van der Waals surface area (Å²) in [7, 11) is 0. The zero-order valence-electron chi connectivity index (χ0n) is 12.0. The van der Waals surface area contributed by atoms with E-state index >= 15 is 0 Å². The number of benzene rings is 1. The average molecular weight is 265 g/mol. The number of nitrogens with one attached hydrogen (secondary N) is 1. The lowest BCUT2D eigenvalue weighted by Crippen LogP contribution is -2.25. The van der Waals surface area contributed by atoms with E-state index in [-0.39, 0.29) is 11.0 Å². The molecule has 4 nitrogen and oxygen atoms in total. The molecular formula is C15H23NO3. The molecule has 0 spiro atoms. The van der Waals surface area contributed by atoms with E-state index in [1.165, 1.54) is 0 Å². The van der Waals surface area contributed by atoms with Crippen molar-refractivity contribution < 1.29 is 15.0 Å². The van der Waals surface area contributed by atoms with E-state index in [2.05, 4.69) is 26.1 Å². The van der Waals surface area contributed by atoms with Crippen molar-refractivity contribution in [2.75, 3.05) is 11.9 Å². The predicted octanol–water partition coefficient (Wildman–Crippen LogP) is 2.90. The van der Waals surface area contributed by atoms with Crippen molar-refractivity contribution >= 4 is 11.7 Å². The van der Waals surface area contributed by atoms with Crippen LogP contribution >= 0.6 is 0 Å². The van der Waals surface area contributed by atoms with Crippen LogP contribution in [0.4, 0.5) is 5.69 Å². The molecule has 1 aromatic carbocycles. The quantitative estimate of drug-likeness (QED) is 0.765. The number of hydrogen-bond acceptors (Lipinski definition) is 3. The molecule has 0 fully saturated rings. The number of aromatic carboxylic acids is 1. The number of hydrogen-bond donors (Lipinski definition) is 3. The molecule has 0 aliphatic heterocycles. The van der Waals surface area contributed by atoms with Gasteiger partial charge in [-0.1, -0.05) is 20.8 Å². The first-order valence-electron chi connectivity index (χ1n) is 6.45. The third-order valence-corrected chi connectivity index (χ3v) is 2.85. The second kappa shape index (κ2) is 6.06. The van der Waals surface area contributed by atoms with Gasteiger partial charge < -0.3 is 15.5 Å². The monoisotopic (exact) mass is 265 g/mol. The molecule has 1 aromatic rings. The Bertz CT molecular complexity index is 449. The molecule has 106 valence electrons. The second-order valence-electron chi connectivity index (χ2n) is 6.13. The van der Waals surface area contributed by atoms with Crippen molar-refractivity contribution in [2.24, 2.45) is 5.41 Å². The minimum atomic E-state index is -0.928. The topological polar surface area (TPSA) is 69.6 Å². The van der Waals surface area contributed by atoms with Crippen LogP contribution < -0.4 is 5.32 Å². The molecule has 0 bridgehead atoms. The highest BCUT2D eigenvalue weighted by Gasteiger charge is 2.16. The van der Waals surface area contributed by atoms with Crippen LogP contribution in [0, 0.1) is 12.3 Å². The van der Waals surface area contributed by atoms with Crippen LogP contribution in [0.25, 0.3) is 0 Å². The fraction of sp³-hybridized carbons (Fsp3) is 0.533. The van der Waals surface area contributed by atoms with Gasteiger partial charge in [-0.25, -0.2) is 4.79 Å². The van der Waals surface area contributed by atoms with Gasteiger partial charge in [-0.2, -0.15) is 0 Å². The number of carboxylic acids is 1. The van der Waals surface area contributed by atoms with Crippen LogP contribution in [0.1, 0.15) is 43.1 Å². The lowest BCUT2D eigenvalue weighted by atomic mass is 9.89. The zero-order chi connectivity index (χ0) is 14.6. The summed E-state index contributed by atoms with van der Waals surface area (Å²) in [6.45, 7) is 8.57. The molecule has 3 N–H and O–H groups in total. The van der Waals surface area contributed by atoms with Gasteiger partial charge in [0.15, 0.2) is 0 Å². The number of aliphatic hydroxyl groups is 1. The van der Waals surface area contributed by atoms with Gasteiger partial charge in [-0.05, 0) is 42.5 Å². The summed E-state index contributed by atoms with van der Waals surface area (Å²) in [6.07, 6.45) is 0.297. The SMILES string of the molecule is Cc1cc(C(=O)O)ccc1NCC(O)CC(C)(C)C. The minimum Gasteiger partial charge on any atom is -0.478 e. The molecule has 1 rings (SSSR count). The number of carbonyl (C=O) groups is 1. The molecule has 0 saturated heterocycles. The molecule has 0 radical (unpaired) electrons. The van der Waals surface area contributed by atoms with Crippen LogP contribution in [0.3, 0.4) is 0 Å². The van der Waals surface area contributed by atoms with Crippen LogP contribution in [0.5, 0.6) is 0 Å². The lowest BCUT2D eigenvalue weighted by molar-refractivity contribution is 0.0696. The van der Waals surface area contributed by atoms with Crippen LogP contribution in [0.15, 0.2) is 18.2 Å². The van der Waals surface area contributed by atoms with Crippen LogP contribution in [0.2, 0.25) is 0 Å². The summed E-state index contributed by atoms with van der Waals surface area (Å²) in [4.78, 5) is 10.8. The molecule has 4 heteroatoms. The standard InChI is InChI=1S/C15H23NO3/c1-10-7-11(14(18)19)5-6-13(10)16-9-12(17)8-15(2,3)4/h5-7,12,16-17H,8-9H2,1-4H3,(H,18,19). The van der Waals surface area contributed by atoms with Gasteiger partial charge >= 0.3 is 5.97 Å². The van der Waals surface area contributed by atoms with Gasteiger partial charge in [0, 0.05) is 12.2 Å². The molecule has 0 aliphatic carbocycles. The van der Waals surface area contributed by atoms with Crippen LogP contribution in [-0.4, -0.2) is 28.8 Å². The largest absolute Gasteiger partial charge is 0.478 e. The maximum Gasteiger partial charge on any atom is 0.335 e. The fourth-order valence-corrected chi connectivity index (χ4v) is 2.00. The Morgan fingerprint density at radius 2 is 2.00 bits per heavy atom. The Balaban J connectivity index is 2.61. The summed E-state index contributed by atoms with van der Waals surface area (Å²) in [5, 5.41) is 22.0. The fourth-order valence-electron chi connectivity index (χ4n) is 2.00. The van der Waals surface area contributed by atoms with Crippen molar-refractivity contribution in [3.05, 3.63) is 29.3 Å². The highest BCUT2D eigenvalue weighted by Crippen LogP contribution is 2.22. The van der Waals surface area contributed by atoms with E-state index in [9.17, 15) is 9.90 Å². The average Bonchev–Trinajstić information content (AvgIpc) is 2.24. The molecule has 19 heavy (non-hydrogen) atoms. The van der Waals surface area contributed by atoms with Crippen molar-refractivity contribution in [3.8, 4) is 0 Å². The van der Waals surface area contributed by atoms with Gasteiger partial charge in [0.25, 0.3) is 0 Å². The first kappa shape index (κ1) is 15.5. The Morgan fingerprint density at radius 3 is 2.47 bits per heavy atom. The van der Waals surface area contributed by atoms with Gasteiger partial charge in [-0.3, -0.25) is 0 Å². The Labute approximate surface area is 114 Å². The molecule has 1 atom stereocenters. The zero-order valence-corrected chi connectivity index (χ0v) is 12.0. The molecule has 0 heterocycles. The third kappa shape index (κ3) is 5.30. The van der Waals surface area contributed by atoms with Gasteiger partial charge in [0.05, 0.1) is 11.7 Å². The molecular weight excluding hydrogens is 242 g/mol. The summed E-state index contributed by atoms with van der Waals surface area (Å²) in [5.41, 5.74) is 2.09. The molecule has 0 amide bonds. The first-order chi connectivity index (χ1) is 8.69. The van der Waals surface area contributed by atoms with Crippen molar-refractivity contribution in [3.63, 3.8) is 0 Å². The number of aliphatic hydroxyl groups excluding tert-OH is 1. The van der Waals surface area contributed by atoms with Crippen molar-refractivity contribution in [2.45, 2.75) is 40.2 Å². The smallest absolute Gasteiger partial charge is 0.335 e. The Morgan fingerprint density at radius 1 is 1.37 bits per heavy atom. The van der Waals surface area contributed by atoms with Crippen LogP contribution in [-0.2, 0) is 0 Å². The van der Waals surface area contributed by atoms with E-state index in [0.717, 1.165) is 11.3 Å². The third-order valence-electron chi connectivity index (χ3n) is 2.85. The predicted molar refractivity (Wildman–Crippen MR) is 76.7 cm³/mol. The van der Waals surface area contributed by atoms with E-state index < -0.39 is 12.1 Å². The summed E-state index contributed by atoms with van der Waals surface area (Å²) in [6, 6.07) is 4.93. The normalized spacial score (nSPS) is 13.1. The van der Waals surface area contributed by atoms with Gasteiger partial charge in [0.1, 0.15) is 0 Å². The highest BCUT2D eigenvalue weighted by atomic mass is 16.4. The van der Waals surface area contributed by atoms with Crippen molar-refractivity contribution in [1.29, 1.82) is 0 Å². The minimum absolute atomic E-state index is 0.0866. The van der Waals surface area contributed by atoms with Gasteiger partial charge in [0.2, 0.25) is 0 Å². The maximum absolute atomic E-state index is 10.8. The summed E-state index contributed by atoms with van der Waals surface area (Å²) < 4.78 is 0. The van der Waals surface area contributed by atoms with Gasteiger partial charge in [-0.15, -0.1) is 0 Å². The summed E-state index contributed by atoms with van der Waals surface area (Å²) in [5.74, 6) is -0.928. The Hall–Kier alpha value is -1.55. The van der Waals surface area contributed by atoms with E-state index in [1.807, 2.05) is 6.92 Å². The number of anilines is 1. The molecule has 0 saturated carbocycles. The molecule has 1 unspecified atom stereocenters. The van der Waals surface area contributed by atoms with Crippen molar-refractivity contribution in [1.82, 2.24) is 0 Å². The molecule has 0 aliphatic rings. The second-order valence-corrected chi connectivity index (χ2v) is 6.13. The van der Waals surface area contributed by atoms with E-state index in [0.29, 0.717) is 13.0 Å². The highest BCUT2D eigenvalue weighted by molar-refractivity contribution is 5.88. The lowest BCUT2D eigenvalue weighted by Gasteiger charge is -2.23. The number of rotatable bonds is 5.